The van der Waals surface area contributed by atoms with Crippen molar-refractivity contribution in [2.45, 2.75) is 18.9 Å². The fraction of sp³-hybridized carbons (Fsp3) is 0.250. The van der Waals surface area contributed by atoms with Gasteiger partial charge in [-0.25, -0.2) is 4.79 Å². The Balaban J connectivity index is 1.75. The maximum atomic E-state index is 12.5. The Morgan fingerprint density at radius 3 is 2.55 bits per heavy atom. The van der Waals surface area contributed by atoms with Crippen LogP contribution in [0, 0.1) is 0 Å². The number of hydrogen-bond acceptors (Lipinski definition) is 6. The minimum atomic E-state index is -0.560. The second-order valence-corrected chi connectivity index (χ2v) is 6.65. The summed E-state index contributed by atoms with van der Waals surface area (Å²) in [5.74, 6) is 1.31. The minimum absolute atomic E-state index is 0.102. The molecular formula is C20H21ClN4O4. The molecule has 8 nitrogen and oxygen atoms in total. The number of anilines is 1. The van der Waals surface area contributed by atoms with Crippen LogP contribution in [0.3, 0.4) is 0 Å². The summed E-state index contributed by atoms with van der Waals surface area (Å²) < 4.78 is 10.8. The highest BCUT2D eigenvalue weighted by Gasteiger charge is 2.22. The van der Waals surface area contributed by atoms with Crippen LogP contribution in [0.5, 0.6) is 5.75 Å². The first kappa shape index (κ1) is 20.6. The van der Waals surface area contributed by atoms with Gasteiger partial charge in [0.25, 0.3) is 0 Å². The molecule has 3 N–H and O–H groups in total. The van der Waals surface area contributed by atoms with Crippen LogP contribution in [0.25, 0.3) is 0 Å². The molecule has 0 saturated heterocycles. The minimum Gasteiger partial charge on any atom is -0.497 e. The van der Waals surface area contributed by atoms with E-state index in [9.17, 15) is 4.79 Å². The molecule has 0 aliphatic carbocycles. The van der Waals surface area contributed by atoms with Crippen LogP contribution in [0.15, 0.2) is 52.9 Å². The Morgan fingerprint density at radius 1 is 1.17 bits per heavy atom. The molecule has 0 saturated carbocycles. The van der Waals surface area contributed by atoms with Crippen molar-refractivity contribution >= 4 is 23.3 Å². The lowest BCUT2D eigenvalue weighted by molar-refractivity contribution is 0.244. The van der Waals surface area contributed by atoms with E-state index < -0.39 is 12.1 Å². The smallest absolute Gasteiger partial charge is 0.319 e. The Labute approximate surface area is 172 Å². The van der Waals surface area contributed by atoms with E-state index in [0.717, 1.165) is 11.3 Å². The second-order valence-electron chi connectivity index (χ2n) is 6.22. The van der Waals surface area contributed by atoms with E-state index in [-0.39, 0.29) is 18.9 Å². The van der Waals surface area contributed by atoms with Crippen molar-refractivity contribution in [2.24, 2.45) is 0 Å². The van der Waals surface area contributed by atoms with Gasteiger partial charge in [0.1, 0.15) is 11.8 Å². The average molecular weight is 417 g/mol. The monoisotopic (exact) mass is 416 g/mol. The number of halogens is 1. The number of benzene rings is 2. The molecule has 0 radical (unpaired) electrons. The molecule has 3 aromatic rings. The van der Waals surface area contributed by atoms with E-state index in [1.54, 1.807) is 31.4 Å². The molecule has 29 heavy (non-hydrogen) atoms. The van der Waals surface area contributed by atoms with Crippen LogP contribution in [-0.2, 0) is 12.8 Å². The van der Waals surface area contributed by atoms with E-state index in [0.29, 0.717) is 23.0 Å². The molecule has 1 heterocycles. The van der Waals surface area contributed by atoms with Crippen LogP contribution >= 0.6 is 11.6 Å². The first-order chi connectivity index (χ1) is 14.1. The lowest BCUT2D eigenvalue weighted by atomic mass is 10.1. The summed E-state index contributed by atoms with van der Waals surface area (Å²) in [6.07, 6.45) is 0.679. The van der Waals surface area contributed by atoms with Crippen LogP contribution in [0.1, 0.15) is 23.4 Å². The SMILES string of the molecule is COc1ccc(CC(NC(=O)Nc2ccc(Cl)cc2)c2nnc(CCO)o2)cc1. The Kier molecular flexibility index (Phi) is 7.04. The van der Waals surface area contributed by atoms with Crippen LogP contribution < -0.4 is 15.4 Å². The first-order valence-electron chi connectivity index (χ1n) is 8.96. The summed E-state index contributed by atoms with van der Waals surface area (Å²) >= 11 is 5.87. The van der Waals surface area contributed by atoms with E-state index in [1.807, 2.05) is 24.3 Å². The predicted molar refractivity (Wildman–Crippen MR) is 108 cm³/mol. The number of amides is 2. The molecular weight excluding hydrogens is 396 g/mol. The summed E-state index contributed by atoms with van der Waals surface area (Å²) in [5, 5.41) is 23.2. The van der Waals surface area contributed by atoms with Gasteiger partial charge in [0.15, 0.2) is 0 Å². The van der Waals surface area contributed by atoms with Gasteiger partial charge in [-0.05, 0) is 42.0 Å². The molecule has 0 bridgehead atoms. The third-order valence-corrected chi connectivity index (χ3v) is 4.36. The molecule has 2 aromatic carbocycles. The Morgan fingerprint density at radius 2 is 1.90 bits per heavy atom. The number of ether oxygens (including phenoxy) is 1. The lowest BCUT2D eigenvalue weighted by Crippen LogP contribution is -2.34. The lowest BCUT2D eigenvalue weighted by Gasteiger charge is -2.16. The fourth-order valence-electron chi connectivity index (χ4n) is 2.66. The van der Waals surface area contributed by atoms with Crippen LogP contribution in [0.2, 0.25) is 5.02 Å². The average Bonchev–Trinajstić information content (AvgIpc) is 3.19. The van der Waals surface area contributed by atoms with Gasteiger partial charge in [-0.1, -0.05) is 23.7 Å². The summed E-state index contributed by atoms with van der Waals surface area (Å²) in [5.41, 5.74) is 1.55. The zero-order valence-electron chi connectivity index (χ0n) is 15.8. The van der Waals surface area contributed by atoms with Gasteiger partial charge in [-0.2, -0.15) is 0 Å². The number of aromatic nitrogens is 2. The number of nitrogens with one attached hydrogen (secondary N) is 2. The number of carbonyl (C=O) groups excluding carboxylic acids is 1. The quantitative estimate of drug-likeness (QED) is 0.519. The van der Waals surface area contributed by atoms with Crippen molar-refractivity contribution in [1.82, 2.24) is 15.5 Å². The first-order valence-corrected chi connectivity index (χ1v) is 9.34. The third-order valence-electron chi connectivity index (χ3n) is 4.11. The Hall–Kier alpha value is -3.10. The molecule has 1 aromatic heterocycles. The highest BCUT2D eigenvalue weighted by molar-refractivity contribution is 6.30. The van der Waals surface area contributed by atoms with Gasteiger partial charge in [-0.3, -0.25) is 0 Å². The summed E-state index contributed by atoms with van der Waals surface area (Å²) in [7, 11) is 1.60. The van der Waals surface area contributed by atoms with E-state index in [4.69, 9.17) is 25.9 Å². The molecule has 0 fully saturated rings. The Bertz CT molecular complexity index is 928. The van der Waals surface area contributed by atoms with Gasteiger partial charge in [0, 0.05) is 23.6 Å². The van der Waals surface area contributed by atoms with Gasteiger partial charge >= 0.3 is 6.03 Å². The number of aliphatic hydroxyl groups is 1. The third kappa shape index (κ3) is 5.94. The number of methoxy groups -OCH3 is 1. The molecule has 0 spiro atoms. The van der Waals surface area contributed by atoms with Crippen molar-refractivity contribution in [3.05, 3.63) is 70.9 Å². The van der Waals surface area contributed by atoms with Crippen molar-refractivity contribution in [1.29, 1.82) is 0 Å². The van der Waals surface area contributed by atoms with Crippen molar-refractivity contribution in [2.75, 3.05) is 19.0 Å². The normalized spacial score (nSPS) is 11.7. The number of carbonyl (C=O) groups is 1. The fourth-order valence-corrected chi connectivity index (χ4v) is 2.79. The maximum absolute atomic E-state index is 12.5. The number of nitrogens with zero attached hydrogens (tertiary/aromatic N) is 2. The molecule has 152 valence electrons. The van der Waals surface area contributed by atoms with Gasteiger partial charge in [-0.15, -0.1) is 10.2 Å². The van der Waals surface area contributed by atoms with Crippen molar-refractivity contribution in [3.63, 3.8) is 0 Å². The predicted octanol–water partition coefficient (Wildman–Crippen LogP) is 3.37. The number of urea groups is 1. The van der Waals surface area contributed by atoms with E-state index in [1.165, 1.54) is 0 Å². The molecule has 2 amide bonds. The van der Waals surface area contributed by atoms with Gasteiger partial charge in [0.05, 0.1) is 13.7 Å². The molecule has 0 aliphatic rings. The number of aliphatic hydroxyl groups excluding tert-OH is 1. The number of hydrogen-bond donors (Lipinski definition) is 3. The van der Waals surface area contributed by atoms with Crippen molar-refractivity contribution in [3.8, 4) is 5.75 Å². The topological polar surface area (TPSA) is 110 Å². The van der Waals surface area contributed by atoms with Crippen molar-refractivity contribution < 1.29 is 19.1 Å². The van der Waals surface area contributed by atoms with Gasteiger partial charge < -0.3 is 24.9 Å². The second kappa shape index (κ2) is 9.90. The van der Waals surface area contributed by atoms with Crippen LogP contribution in [-0.4, -0.2) is 35.1 Å². The summed E-state index contributed by atoms with van der Waals surface area (Å²) in [4.78, 5) is 12.5. The highest BCUT2D eigenvalue weighted by Crippen LogP contribution is 2.21. The molecule has 9 heteroatoms. The summed E-state index contributed by atoms with van der Waals surface area (Å²) in [6.45, 7) is -0.102. The molecule has 1 atom stereocenters. The zero-order chi connectivity index (χ0) is 20.6. The zero-order valence-corrected chi connectivity index (χ0v) is 16.5. The van der Waals surface area contributed by atoms with Crippen LogP contribution in [0.4, 0.5) is 10.5 Å². The van der Waals surface area contributed by atoms with E-state index >= 15 is 0 Å². The maximum Gasteiger partial charge on any atom is 0.319 e. The summed E-state index contributed by atoms with van der Waals surface area (Å²) in [6, 6.07) is 13.3. The highest BCUT2D eigenvalue weighted by atomic mass is 35.5. The van der Waals surface area contributed by atoms with E-state index in [2.05, 4.69) is 20.8 Å². The van der Waals surface area contributed by atoms with Gasteiger partial charge in [0.2, 0.25) is 11.8 Å². The largest absolute Gasteiger partial charge is 0.497 e. The molecule has 3 rings (SSSR count). The molecule has 1 unspecified atom stereocenters. The standard InChI is InChI=1S/C20H21ClN4O4/c1-28-16-8-2-13(3-9-16)12-17(19-25-24-18(29-19)10-11-26)23-20(27)22-15-6-4-14(21)5-7-15/h2-9,17,26H,10-12H2,1H3,(H2,22,23,27). The molecule has 0 aliphatic heterocycles. The number of rotatable bonds is 8.